The van der Waals surface area contributed by atoms with Crippen LogP contribution in [0.3, 0.4) is 0 Å². The molecular weight excluding hydrogens is 284 g/mol. The Kier molecular flexibility index (Phi) is 3.82. The first kappa shape index (κ1) is 13.6. The van der Waals surface area contributed by atoms with Gasteiger partial charge in [0.05, 0.1) is 18.3 Å². The van der Waals surface area contributed by atoms with Gasteiger partial charge >= 0.3 is 0 Å². The van der Waals surface area contributed by atoms with Crippen molar-refractivity contribution in [1.82, 2.24) is 9.78 Å². The van der Waals surface area contributed by atoms with Crippen LogP contribution in [0.2, 0.25) is 0 Å². The summed E-state index contributed by atoms with van der Waals surface area (Å²) in [4.78, 5) is 12.9. The lowest BCUT2D eigenvalue weighted by atomic mass is 10.2. The molecule has 0 saturated carbocycles. The zero-order valence-corrected chi connectivity index (χ0v) is 11.9. The molecule has 0 aliphatic rings. The van der Waals surface area contributed by atoms with Crippen LogP contribution in [0, 0.1) is 11.8 Å². The van der Waals surface area contributed by atoms with Gasteiger partial charge < -0.3 is 5.11 Å². The van der Waals surface area contributed by atoms with Crippen LogP contribution in [0.25, 0.3) is 10.9 Å². The summed E-state index contributed by atoms with van der Waals surface area (Å²) in [5.74, 6) is 5.50. The number of para-hydroxylation sites is 1. The lowest BCUT2D eigenvalue weighted by molar-refractivity contribution is 0.350. The van der Waals surface area contributed by atoms with Crippen molar-refractivity contribution >= 4 is 22.2 Å². The summed E-state index contributed by atoms with van der Waals surface area (Å²) < 4.78 is 1.81. The Labute approximate surface area is 125 Å². The zero-order chi connectivity index (χ0) is 14.7. The maximum absolute atomic E-state index is 11.8. The zero-order valence-electron chi connectivity index (χ0n) is 11.1. The molecule has 104 valence electrons. The van der Waals surface area contributed by atoms with E-state index in [1.807, 2.05) is 40.4 Å². The molecule has 0 aliphatic carbocycles. The fraction of sp³-hybridized carbons (Fsp3) is 0.125. The van der Waals surface area contributed by atoms with E-state index >= 15 is 0 Å². The predicted molar refractivity (Wildman–Crippen MR) is 83.4 cm³/mol. The van der Waals surface area contributed by atoms with E-state index in [9.17, 15) is 4.79 Å². The van der Waals surface area contributed by atoms with Crippen LogP contribution >= 0.6 is 11.3 Å². The molecule has 0 radical (unpaired) electrons. The first-order chi connectivity index (χ1) is 10.3. The summed E-state index contributed by atoms with van der Waals surface area (Å²) in [7, 11) is 0. The van der Waals surface area contributed by atoms with E-state index in [-0.39, 0.29) is 12.0 Å². The summed E-state index contributed by atoms with van der Waals surface area (Å²) in [5, 5.41) is 15.5. The standard InChI is InChI=1S/C16H12N2O2S/c19-7-3-4-12-8-13(21-11-12)10-18-15-6-2-1-5-14(15)16(20)9-17-18/h1-2,5-6,8-9,11,19H,7,10H2. The minimum absolute atomic E-state index is 0.0671. The van der Waals surface area contributed by atoms with Gasteiger partial charge in [-0.25, -0.2) is 0 Å². The second kappa shape index (κ2) is 5.92. The van der Waals surface area contributed by atoms with Crippen molar-refractivity contribution in [3.8, 4) is 11.8 Å². The van der Waals surface area contributed by atoms with Gasteiger partial charge in [-0.3, -0.25) is 9.48 Å². The van der Waals surface area contributed by atoms with Crippen molar-refractivity contribution in [2.24, 2.45) is 0 Å². The van der Waals surface area contributed by atoms with Crippen LogP contribution in [0.4, 0.5) is 0 Å². The molecule has 0 fully saturated rings. The first-order valence-corrected chi connectivity index (χ1v) is 7.28. The van der Waals surface area contributed by atoms with Crippen LogP contribution < -0.4 is 5.43 Å². The summed E-state index contributed by atoms with van der Waals surface area (Å²) in [5.41, 5.74) is 1.64. The second-order valence-electron chi connectivity index (χ2n) is 4.45. The van der Waals surface area contributed by atoms with Gasteiger partial charge in [0.25, 0.3) is 0 Å². The van der Waals surface area contributed by atoms with Crippen molar-refractivity contribution in [3.05, 3.63) is 62.6 Å². The first-order valence-electron chi connectivity index (χ1n) is 6.40. The van der Waals surface area contributed by atoms with E-state index in [4.69, 9.17) is 5.11 Å². The van der Waals surface area contributed by atoms with E-state index in [0.717, 1.165) is 16.0 Å². The topological polar surface area (TPSA) is 55.1 Å². The van der Waals surface area contributed by atoms with Crippen LogP contribution in [0.1, 0.15) is 10.4 Å². The van der Waals surface area contributed by atoms with Crippen LogP contribution in [0.15, 0.2) is 46.7 Å². The van der Waals surface area contributed by atoms with E-state index in [1.54, 1.807) is 11.3 Å². The highest BCUT2D eigenvalue weighted by molar-refractivity contribution is 7.10. The number of aliphatic hydroxyl groups excluding tert-OH is 1. The number of nitrogens with zero attached hydrogens (tertiary/aromatic N) is 2. The molecule has 2 aromatic heterocycles. The van der Waals surface area contributed by atoms with Gasteiger partial charge in [0, 0.05) is 21.2 Å². The third-order valence-electron chi connectivity index (χ3n) is 3.03. The van der Waals surface area contributed by atoms with E-state index in [1.165, 1.54) is 6.20 Å². The summed E-state index contributed by atoms with van der Waals surface area (Å²) >= 11 is 1.58. The fourth-order valence-electron chi connectivity index (χ4n) is 2.11. The van der Waals surface area contributed by atoms with Gasteiger partial charge in [-0.2, -0.15) is 5.10 Å². The Morgan fingerprint density at radius 1 is 1.33 bits per heavy atom. The van der Waals surface area contributed by atoms with Crippen molar-refractivity contribution in [3.63, 3.8) is 0 Å². The normalized spacial score (nSPS) is 10.3. The van der Waals surface area contributed by atoms with Gasteiger partial charge in [0.1, 0.15) is 6.61 Å². The molecule has 0 atom stereocenters. The van der Waals surface area contributed by atoms with E-state index in [0.29, 0.717) is 11.9 Å². The Bertz CT molecular complexity index is 900. The Balaban J connectivity index is 1.97. The maximum Gasteiger partial charge on any atom is 0.207 e. The SMILES string of the molecule is O=c1cnn(Cc2cc(C#CCO)cs2)c2ccccc12. The molecule has 0 aliphatic heterocycles. The second-order valence-corrected chi connectivity index (χ2v) is 5.44. The largest absolute Gasteiger partial charge is 0.384 e. The Morgan fingerprint density at radius 3 is 3.05 bits per heavy atom. The highest BCUT2D eigenvalue weighted by atomic mass is 32.1. The monoisotopic (exact) mass is 296 g/mol. The molecule has 0 spiro atoms. The highest BCUT2D eigenvalue weighted by Gasteiger charge is 2.05. The average molecular weight is 296 g/mol. The van der Waals surface area contributed by atoms with Crippen LogP contribution in [-0.2, 0) is 6.54 Å². The van der Waals surface area contributed by atoms with Crippen LogP contribution in [-0.4, -0.2) is 21.5 Å². The maximum atomic E-state index is 11.8. The number of hydrogen-bond donors (Lipinski definition) is 1. The number of fused-ring (bicyclic) bond motifs is 1. The molecule has 0 saturated heterocycles. The average Bonchev–Trinajstić information content (AvgIpc) is 2.96. The molecule has 3 aromatic rings. The van der Waals surface area contributed by atoms with Gasteiger partial charge in [0.2, 0.25) is 5.43 Å². The number of rotatable bonds is 2. The molecule has 4 nitrogen and oxygen atoms in total. The number of benzene rings is 1. The molecule has 0 bridgehead atoms. The molecule has 1 N–H and O–H groups in total. The number of hydrogen-bond acceptors (Lipinski definition) is 4. The predicted octanol–water partition coefficient (Wildman–Crippen LogP) is 1.85. The van der Waals surface area contributed by atoms with Gasteiger partial charge in [-0.1, -0.05) is 24.0 Å². The Hall–Kier alpha value is -2.42. The molecule has 2 heterocycles. The number of aromatic nitrogens is 2. The van der Waals surface area contributed by atoms with Crippen molar-refractivity contribution in [2.75, 3.05) is 6.61 Å². The lowest BCUT2D eigenvalue weighted by Crippen LogP contribution is -2.12. The van der Waals surface area contributed by atoms with E-state index in [2.05, 4.69) is 16.9 Å². The van der Waals surface area contributed by atoms with Gasteiger partial charge in [0.15, 0.2) is 0 Å². The third kappa shape index (κ3) is 2.87. The van der Waals surface area contributed by atoms with Crippen molar-refractivity contribution in [1.29, 1.82) is 0 Å². The molecular formula is C16H12N2O2S. The summed E-state index contributed by atoms with van der Waals surface area (Å²) in [6.07, 6.45) is 1.35. The highest BCUT2D eigenvalue weighted by Crippen LogP contribution is 2.17. The number of thiophene rings is 1. The molecule has 5 heteroatoms. The molecule has 1 aromatic carbocycles. The number of aliphatic hydroxyl groups is 1. The Morgan fingerprint density at radius 2 is 2.19 bits per heavy atom. The van der Waals surface area contributed by atoms with Gasteiger partial charge in [-0.05, 0) is 18.2 Å². The van der Waals surface area contributed by atoms with Crippen LogP contribution in [0.5, 0.6) is 0 Å². The molecule has 0 unspecified atom stereocenters. The lowest BCUT2D eigenvalue weighted by Gasteiger charge is -2.07. The van der Waals surface area contributed by atoms with Gasteiger partial charge in [-0.15, -0.1) is 11.3 Å². The summed E-state index contributed by atoms with van der Waals surface area (Å²) in [6.45, 7) is 0.448. The smallest absolute Gasteiger partial charge is 0.207 e. The molecule has 0 amide bonds. The minimum atomic E-state index is -0.142. The summed E-state index contributed by atoms with van der Waals surface area (Å²) in [6, 6.07) is 9.42. The third-order valence-corrected chi connectivity index (χ3v) is 3.95. The quantitative estimate of drug-likeness (QED) is 0.734. The van der Waals surface area contributed by atoms with Crippen molar-refractivity contribution in [2.45, 2.75) is 6.54 Å². The minimum Gasteiger partial charge on any atom is -0.384 e. The fourth-order valence-corrected chi connectivity index (χ4v) is 2.90. The molecule has 21 heavy (non-hydrogen) atoms. The van der Waals surface area contributed by atoms with E-state index < -0.39 is 0 Å². The molecule has 3 rings (SSSR count). The van der Waals surface area contributed by atoms with Crippen molar-refractivity contribution < 1.29 is 5.11 Å².